The largest absolute Gasteiger partial charge is 0.494 e. The van der Waals surface area contributed by atoms with E-state index in [1.54, 1.807) is 31.3 Å². The molecule has 0 unspecified atom stereocenters. The molecule has 9 nitrogen and oxygen atoms in total. The summed E-state index contributed by atoms with van der Waals surface area (Å²) in [4.78, 5) is 11.1. The summed E-state index contributed by atoms with van der Waals surface area (Å²) in [6.07, 6.45) is 2.62. The van der Waals surface area contributed by atoms with Gasteiger partial charge in [0, 0.05) is 28.7 Å². The molecule has 5 rings (SSSR count). The normalized spacial score (nSPS) is 14.8. The van der Waals surface area contributed by atoms with E-state index in [1.807, 2.05) is 14.1 Å². The molecule has 12 heteroatoms. The molecule has 0 radical (unpaired) electrons. The molecular formula is C30H33ClFN5O4S. The highest BCUT2D eigenvalue weighted by molar-refractivity contribution is 7.92. The van der Waals surface area contributed by atoms with Gasteiger partial charge < -0.3 is 20.1 Å². The maximum atomic E-state index is 15.4. The number of aromatic nitrogens is 2. The second kappa shape index (κ2) is 12.0. The standard InChI is InChI=1S/C30H33ClFN5O4S/c1-17-24(36-42(39,40)27-15-20(31)14-22-21(27)6-9-25(22)38)8-7-23(32)28(17)18-12-19-16-34-30(33-10-5-11-37(2)3)35-29(19)26(13-18)41-4/h7-8,12-16,25,36,38H,5-6,9-11H2,1-4H3,(H,33,34,35)/t25-/m1/s1. The second-order valence-electron chi connectivity index (χ2n) is 10.6. The highest BCUT2D eigenvalue weighted by Crippen LogP contribution is 2.40. The molecule has 1 aromatic heterocycles. The van der Waals surface area contributed by atoms with E-state index in [-0.39, 0.29) is 21.2 Å². The quantitative estimate of drug-likeness (QED) is 0.199. The van der Waals surface area contributed by atoms with Gasteiger partial charge in [-0.3, -0.25) is 4.72 Å². The van der Waals surface area contributed by atoms with E-state index in [9.17, 15) is 13.5 Å². The topological polar surface area (TPSA) is 117 Å². The highest BCUT2D eigenvalue weighted by atomic mass is 35.5. The summed E-state index contributed by atoms with van der Waals surface area (Å²) in [6, 6.07) is 9.01. The number of nitrogens with one attached hydrogen (secondary N) is 2. The van der Waals surface area contributed by atoms with Gasteiger partial charge >= 0.3 is 0 Å². The lowest BCUT2D eigenvalue weighted by atomic mass is 9.97. The van der Waals surface area contributed by atoms with Crippen LogP contribution >= 0.6 is 11.6 Å². The summed E-state index contributed by atoms with van der Waals surface area (Å²) in [7, 11) is 1.43. The van der Waals surface area contributed by atoms with E-state index < -0.39 is 21.9 Å². The van der Waals surface area contributed by atoms with E-state index in [2.05, 4.69) is 24.9 Å². The van der Waals surface area contributed by atoms with Gasteiger partial charge in [-0.15, -0.1) is 0 Å². The lowest BCUT2D eigenvalue weighted by molar-refractivity contribution is 0.180. The Labute approximate surface area is 249 Å². The van der Waals surface area contributed by atoms with Crippen LogP contribution in [-0.2, 0) is 16.4 Å². The molecule has 3 N–H and O–H groups in total. The summed E-state index contributed by atoms with van der Waals surface area (Å²) >= 11 is 6.21. The third-order valence-electron chi connectivity index (χ3n) is 7.40. The molecule has 0 spiro atoms. The molecule has 1 atom stereocenters. The number of benzene rings is 3. The number of methoxy groups -OCH3 is 1. The van der Waals surface area contributed by atoms with E-state index >= 15 is 4.39 Å². The maximum Gasteiger partial charge on any atom is 0.262 e. The Kier molecular flexibility index (Phi) is 8.56. The fourth-order valence-corrected chi connectivity index (χ4v) is 7.05. The van der Waals surface area contributed by atoms with E-state index in [1.165, 1.54) is 25.3 Å². The molecule has 0 bridgehead atoms. The number of sulfonamides is 1. The van der Waals surface area contributed by atoms with Crippen molar-refractivity contribution in [1.29, 1.82) is 0 Å². The first-order valence-corrected chi connectivity index (χ1v) is 15.4. The van der Waals surface area contributed by atoms with Gasteiger partial charge in [-0.2, -0.15) is 0 Å². The number of anilines is 2. The molecule has 4 aromatic rings. The number of nitrogens with zero attached hydrogens (tertiary/aromatic N) is 3. The first-order valence-electron chi connectivity index (χ1n) is 13.5. The molecule has 222 valence electrons. The molecule has 3 aromatic carbocycles. The SMILES string of the molecule is COc1cc(-c2c(F)ccc(NS(=O)(=O)c3cc(Cl)cc4c3CC[C@H]4O)c2C)cc2cnc(NCCCN(C)C)nc12. The Balaban J connectivity index is 1.49. The molecule has 1 heterocycles. The van der Waals surface area contributed by atoms with Crippen LogP contribution in [0.5, 0.6) is 5.75 Å². The van der Waals surface area contributed by atoms with Gasteiger partial charge in [-0.1, -0.05) is 11.6 Å². The second-order valence-corrected chi connectivity index (χ2v) is 12.7. The van der Waals surface area contributed by atoms with Gasteiger partial charge in [0.1, 0.15) is 17.1 Å². The molecule has 1 aliphatic carbocycles. The average Bonchev–Trinajstić information content (AvgIpc) is 3.31. The van der Waals surface area contributed by atoms with Crippen molar-refractivity contribution in [3.8, 4) is 16.9 Å². The van der Waals surface area contributed by atoms with Crippen molar-refractivity contribution < 1.29 is 22.7 Å². The number of ether oxygens (including phenoxy) is 1. The van der Waals surface area contributed by atoms with E-state index in [4.69, 9.17) is 16.3 Å². The van der Waals surface area contributed by atoms with Gasteiger partial charge in [-0.25, -0.2) is 22.8 Å². The van der Waals surface area contributed by atoms with Crippen LogP contribution in [0.3, 0.4) is 0 Å². The minimum absolute atomic E-state index is 0.00229. The first-order chi connectivity index (χ1) is 20.0. The van der Waals surface area contributed by atoms with Crippen LogP contribution in [-0.4, -0.2) is 62.7 Å². The molecule has 0 saturated carbocycles. The van der Waals surface area contributed by atoms with Crippen LogP contribution in [0.15, 0.2) is 47.5 Å². The maximum absolute atomic E-state index is 15.4. The monoisotopic (exact) mass is 613 g/mol. The number of hydrogen-bond acceptors (Lipinski definition) is 8. The van der Waals surface area contributed by atoms with Crippen molar-refractivity contribution in [2.75, 3.05) is 44.3 Å². The lowest BCUT2D eigenvalue weighted by Crippen LogP contribution is -2.17. The molecule has 0 amide bonds. The summed E-state index contributed by atoms with van der Waals surface area (Å²) < 4.78 is 50.7. The predicted molar refractivity (Wildman–Crippen MR) is 163 cm³/mol. The number of fused-ring (bicyclic) bond motifs is 2. The minimum atomic E-state index is -4.11. The zero-order valence-corrected chi connectivity index (χ0v) is 25.4. The minimum Gasteiger partial charge on any atom is -0.494 e. The van der Waals surface area contributed by atoms with Crippen LogP contribution in [0.4, 0.5) is 16.0 Å². The summed E-state index contributed by atoms with van der Waals surface area (Å²) in [5, 5.41) is 14.4. The Morgan fingerprint density at radius 3 is 2.74 bits per heavy atom. The third kappa shape index (κ3) is 6.00. The van der Waals surface area contributed by atoms with E-state index in [0.717, 1.165) is 13.0 Å². The third-order valence-corrected chi connectivity index (χ3v) is 9.06. The summed E-state index contributed by atoms with van der Waals surface area (Å²) in [5.41, 5.74) is 2.91. The van der Waals surface area contributed by atoms with Crippen LogP contribution in [0, 0.1) is 12.7 Å². The lowest BCUT2D eigenvalue weighted by Gasteiger charge is -2.18. The molecule has 0 aliphatic heterocycles. The Morgan fingerprint density at radius 2 is 2.00 bits per heavy atom. The molecule has 0 fully saturated rings. The van der Waals surface area contributed by atoms with Gasteiger partial charge in [0.25, 0.3) is 10.0 Å². The number of halogens is 2. The van der Waals surface area contributed by atoms with Crippen LogP contribution in [0.25, 0.3) is 22.0 Å². The Hall–Kier alpha value is -3.51. The van der Waals surface area contributed by atoms with E-state index in [0.29, 0.717) is 64.2 Å². The molecule has 42 heavy (non-hydrogen) atoms. The van der Waals surface area contributed by atoms with Gasteiger partial charge in [0.2, 0.25) is 5.95 Å². The Bertz CT molecular complexity index is 1770. The van der Waals surface area contributed by atoms with Gasteiger partial charge in [-0.05, 0) is 105 Å². The number of aliphatic hydroxyl groups is 1. The van der Waals surface area contributed by atoms with Crippen LogP contribution in [0.2, 0.25) is 5.02 Å². The summed E-state index contributed by atoms with van der Waals surface area (Å²) in [6.45, 7) is 3.28. The number of hydrogen-bond donors (Lipinski definition) is 3. The fraction of sp³-hybridized carbons (Fsp3) is 0.333. The summed E-state index contributed by atoms with van der Waals surface area (Å²) in [5.74, 6) is 0.369. The van der Waals surface area contributed by atoms with Crippen molar-refractivity contribution in [1.82, 2.24) is 14.9 Å². The van der Waals surface area contributed by atoms with Crippen molar-refractivity contribution in [3.05, 3.63) is 70.1 Å². The Morgan fingerprint density at radius 1 is 1.21 bits per heavy atom. The predicted octanol–water partition coefficient (Wildman–Crippen LogP) is 5.55. The number of aliphatic hydroxyl groups excluding tert-OH is 1. The first kappa shape index (κ1) is 30.0. The smallest absolute Gasteiger partial charge is 0.262 e. The number of rotatable bonds is 10. The zero-order valence-electron chi connectivity index (χ0n) is 23.8. The molecule has 1 aliphatic rings. The van der Waals surface area contributed by atoms with Crippen LogP contribution < -0.4 is 14.8 Å². The highest BCUT2D eigenvalue weighted by Gasteiger charge is 2.30. The average molecular weight is 614 g/mol. The van der Waals surface area contributed by atoms with Gasteiger partial charge in [0.15, 0.2) is 0 Å². The van der Waals surface area contributed by atoms with Crippen molar-refractivity contribution >= 4 is 44.2 Å². The molecule has 0 saturated heterocycles. The molecular weight excluding hydrogens is 581 g/mol. The van der Waals surface area contributed by atoms with Gasteiger partial charge in [0.05, 0.1) is 23.8 Å². The van der Waals surface area contributed by atoms with Crippen molar-refractivity contribution in [2.24, 2.45) is 0 Å². The fourth-order valence-electron chi connectivity index (χ4n) is 5.31. The van der Waals surface area contributed by atoms with Crippen LogP contribution in [0.1, 0.15) is 35.6 Å². The zero-order chi connectivity index (χ0) is 30.2. The van der Waals surface area contributed by atoms with Crippen molar-refractivity contribution in [3.63, 3.8) is 0 Å². The van der Waals surface area contributed by atoms with Crippen molar-refractivity contribution in [2.45, 2.75) is 37.2 Å².